The van der Waals surface area contributed by atoms with E-state index in [1.54, 1.807) is 6.07 Å². The first-order chi connectivity index (χ1) is 9.63. The molecule has 0 saturated heterocycles. The largest absolute Gasteiger partial charge is 0.384 e. The second-order valence-corrected chi connectivity index (χ2v) is 6.09. The minimum atomic E-state index is -0.196. The van der Waals surface area contributed by atoms with Gasteiger partial charge in [0, 0.05) is 23.7 Å². The van der Waals surface area contributed by atoms with Crippen molar-refractivity contribution in [1.29, 1.82) is 0 Å². The predicted octanol–water partition coefficient (Wildman–Crippen LogP) is 4.79. The van der Waals surface area contributed by atoms with E-state index >= 15 is 0 Å². The van der Waals surface area contributed by atoms with Gasteiger partial charge in [-0.2, -0.15) is 11.8 Å². The number of hydrogen-bond acceptors (Lipinski definition) is 2. The molecule has 106 valence electrons. The maximum atomic E-state index is 13.0. The fourth-order valence-electron chi connectivity index (χ4n) is 2.21. The summed E-state index contributed by atoms with van der Waals surface area (Å²) in [5.74, 6) is 1.83. The third-order valence-corrected chi connectivity index (χ3v) is 3.98. The fourth-order valence-corrected chi connectivity index (χ4v) is 3.00. The summed E-state index contributed by atoms with van der Waals surface area (Å²) in [6.45, 7) is 5.11. The van der Waals surface area contributed by atoms with Crippen molar-refractivity contribution in [2.24, 2.45) is 0 Å². The lowest BCUT2D eigenvalue weighted by Gasteiger charge is -2.07. The van der Waals surface area contributed by atoms with E-state index in [1.807, 2.05) is 17.8 Å². The molecule has 0 atom stereocenters. The van der Waals surface area contributed by atoms with Gasteiger partial charge < -0.3 is 5.32 Å². The van der Waals surface area contributed by atoms with Gasteiger partial charge in [-0.05, 0) is 37.6 Å². The van der Waals surface area contributed by atoms with Gasteiger partial charge in [0.2, 0.25) is 0 Å². The lowest BCUT2D eigenvalue weighted by atomic mass is 10.1. The number of benzene rings is 2. The number of anilines is 1. The Kier molecular flexibility index (Phi) is 5.48. The van der Waals surface area contributed by atoms with Crippen LogP contribution in [0, 0.1) is 19.7 Å². The molecule has 0 fully saturated rings. The Balaban J connectivity index is 1.71. The predicted molar refractivity (Wildman–Crippen MR) is 87.0 cm³/mol. The first-order valence-electron chi connectivity index (χ1n) is 6.78. The Labute approximate surface area is 124 Å². The van der Waals surface area contributed by atoms with Gasteiger partial charge in [-0.3, -0.25) is 0 Å². The quantitative estimate of drug-likeness (QED) is 0.767. The first-order valence-corrected chi connectivity index (χ1v) is 7.93. The SMILES string of the molecule is Cc1cc(C)cc(CSCCNc2cccc(F)c2)c1. The average Bonchev–Trinajstić information content (AvgIpc) is 2.37. The van der Waals surface area contributed by atoms with E-state index in [9.17, 15) is 4.39 Å². The monoisotopic (exact) mass is 289 g/mol. The molecule has 0 heterocycles. The molecule has 0 aliphatic carbocycles. The van der Waals surface area contributed by atoms with Crippen LogP contribution in [0.3, 0.4) is 0 Å². The zero-order valence-electron chi connectivity index (χ0n) is 11.9. The van der Waals surface area contributed by atoms with Crippen molar-refractivity contribution < 1.29 is 4.39 Å². The topological polar surface area (TPSA) is 12.0 Å². The molecule has 20 heavy (non-hydrogen) atoms. The van der Waals surface area contributed by atoms with Gasteiger partial charge in [-0.1, -0.05) is 35.4 Å². The Morgan fingerprint density at radius 1 is 1.05 bits per heavy atom. The van der Waals surface area contributed by atoms with Gasteiger partial charge in [0.15, 0.2) is 0 Å². The van der Waals surface area contributed by atoms with Gasteiger partial charge in [-0.15, -0.1) is 0 Å². The number of halogens is 1. The number of aryl methyl sites for hydroxylation is 2. The summed E-state index contributed by atoms with van der Waals surface area (Å²) >= 11 is 1.89. The molecule has 3 heteroatoms. The van der Waals surface area contributed by atoms with Crippen molar-refractivity contribution >= 4 is 17.4 Å². The van der Waals surface area contributed by atoms with Crippen LogP contribution in [0.4, 0.5) is 10.1 Å². The van der Waals surface area contributed by atoms with Crippen molar-refractivity contribution in [3.05, 3.63) is 65.0 Å². The van der Waals surface area contributed by atoms with E-state index in [4.69, 9.17) is 0 Å². The Morgan fingerprint density at radius 3 is 2.50 bits per heavy atom. The van der Waals surface area contributed by atoms with Crippen LogP contribution in [-0.2, 0) is 5.75 Å². The van der Waals surface area contributed by atoms with Crippen molar-refractivity contribution in [3.8, 4) is 0 Å². The Bertz CT molecular complexity index is 548. The molecule has 1 nitrogen and oxygen atoms in total. The van der Waals surface area contributed by atoms with Gasteiger partial charge in [0.05, 0.1) is 0 Å². The zero-order valence-corrected chi connectivity index (χ0v) is 12.8. The second-order valence-electron chi connectivity index (χ2n) is 4.99. The highest BCUT2D eigenvalue weighted by atomic mass is 32.2. The van der Waals surface area contributed by atoms with Crippen molar-refractivity contribution in [2.45, 2.75) is 19.6 Å². The lowest BCUT2D eigenvalue weighted by molar-refractivity contribution is 0.628. The van der Waals surface area contributed by atoms with Crippen molar-refractivity contribution in [3.63, 3.8) is 0 Å². The average molecular weight is 289 g/mol. The maximum absolute atomic E-state index is 13.0. The van der Waals surface area contributed by atoms with Crippen LogP contribution >= 0.6 is 11.8 Å². The van der Waals surface area contributed by atoms with Crippen LogP contribution in [0.1, 0.15) is 16.7 Å². The molecule has 0 bridgehead atoms. The molecule has 2 aromatic carbocycles. The van der Waals surface area contributed by atoms with Gasteiger partial charge in [0.25, 0.3) is 0 Å². The van der Waals surface area contributed by atoms with E-state index < -0.39 is 0 Å². The van der Waals surface area contributed by atoms with Crippen LogP contribution in [0.2, 0.25) is 0 Å². The smallest absolute Gasteiger partial charge is 0.125 e. The molecule has 0 saturated carbocycles. The molecule has 0 spiro atoms. The molecule has 2 aromatic rings. The van der Waals surface area contributed by atoms with E-state index in [-0.39, 0.29) is 5.82 Å². The summed E-state index contributed by atoms with van der Waals surface area (Å²) in [6, 6.07) is 13.3. The lowest BCUT2D eigenvalue weighted by Crippen LogP contribution is -2.04. The summed E-state index contributed by atoms with van der Waals surface area (Å²) in [5, 5.41) is 3.23. The molecule has 0 radical (unpaired) electrons. The summed E-state index contributed by atoms with van der Waals surface area (Å²) in [4.78, 5) is 0. The second kappa shape index (κ2) is 7.34. The molecule has 1 N–H and O–H groups in total. The number of rotatable bonds is 6. The Morgan fingerprint density at radius 2 is 1.80 bits per heavy atom. The summed E-state index contributed by atoms with van der Waals surface area (Å²) in [7, 11) is 0. The van der Waals surface area contributed by atoms with Crippen LogP contribution in [0.5, 0.6) is 0 Å². The van der Waals surface area contributed by atoms with E-state index in [0.29, 0.717) is 0 Å². The van der Waals surface area contributed by atoms with Crippen LogP contribution < -0.4 is 5.32 Å². The van der Waals surface area contributed by atoms with E-state index in [0.717, 1.165) is 23.7 Å². The van der Waals surface area contributed by atoms with Crippen LogP contribution in [0.25, 0.3) is 0 Å². The minimum Gasteiger partial charge on any atom is -0.384 e. The Hall–Kier alpha value is -1.48. The highest BCUT2D eigenvalue weighted by Gasteiger charge is 1.98. The minimum absolute atomic E-state index is 0.196. The normalized spacial score (nSPS) is 10.6. The number of thioether (sulfide) groups is 1. The number of hydrogen-bond donors (Lipinski definition) is 1. The third-order valence-electron chi connectivity index (χ3n) is 2.95. The number of nitrogens with one attached hydrogen (secondary N) is 1. The molecular weight excluding hydrogens is 269 g/mol. The highest BCUT2D eigenvalue weighted by molar-refractivity contribution is 7.98. The van der Waals surface area contributed by atoms with E-state index in [2.05, 4.69) is 37.4 Å². The molecule has 0 aliphatic rings. The first kappa shape index (κ1) is 14.9. The molecule has 0 amide bonds. The van der Waals surface area contributed by atoms with Gasteiger partial charge >= 0.3 is 0 Å². The van der Waals surface area contributed by atoms with Gasteiger partial charge in [0.1, 0.15) is 5.82 Å². The van der Waals surface area contributed by atoms with E-state index in [1.165, 1.54) is 28.8 Å². The zero-order chi connectivity index (χ0) is 14.4. The molecular formula is C17H20FNS. The van der Waals surface area contributed by atoms with Gasteiger partial charge in [-0.25, -0.2) is 4.39 Å². The fraction of sp³-hybridized carbons (Fsp3) is 0.294. The van der Waals surface area contributed by atoms with Crippen molar-refractivity contribution in [2.75, 3.05) is 17.6 Å². The van der Waals surface area contributed by atoms with Crippen molar-refractivity contribution in [1.82, 2.24) is 0 Å². The van der Waals surface area contributed by atoms with Crippen LogP contribution in [-0.4, -0.2) is 12.3 Å². The maximum Gasteiger partial charge on any atom is 0.125 e. The van der Waals surface area contributed by atoms with Crippen LogP contribution in [0.15, 0.2) is 42.5 Å². The molecule has 0 unspecified atom stereocenters. The third kappa shape index (κ3) is 4.89. The molecule has 2 rings (SSSR count). The summed E-state index contributed by atoms with van der Waals surface area (Å²) in [6.07, 6.45) is 0. The molecule has 0 aliphatic heterocycles. The summed E-state index contributed by atoms with van der Waals surface area (Å²) in [5.41, 5.74) is 4.85. The summed E-state index contributed by atoms with van der Waals surface area (Å²) < 4.78 is 13.0. The standard InChI is InChI=1S/C17H20FNS/c1-13-8-14(2)10-15(9-13)12-20-7-6-19-17-5-3-4-16(18)11-17/h3-5,8-11,19H,6-7,12H2,1-2H3. The molecule has 0 aromatic heterocycles. The highest BCUT2D eigenvalue weighted by Crippen LogP contribution is 2.16.